The van der Waals surface area contributed by atoms with Gasteiger partial charge in [-0.05, 0) is 49.1 Å². The summed E-state index contributed by atoms with van der Waals surface area (Å²) in [5, 5.41) is 0. The second-order valence-electron chi connectivity index (χ2n) is 7.94. The monoisotopic (exact) mass is 462 g/mol. The number of piperidine rings is 1. The number of ether oxygens (including phenoxy) is 1. The van der Waals surface area contributed by atoms with Gasteiger partial charge in [-0.25, -0.2) is 17.6 Å². The van der Waals surface area contributed by atoms with Crippen LogP contribution in [0.2, 0.25) is 0 Å². The molecule has 0 N–H and O–H groups in total. The summed E-state index contributed by atoms with van der Waals surface area (Å²) in [5.74, 6) is -1.51. The predicted octanol–water partition coefficient (Wildman–Crippen LogP) is 3.05. The molecule has 1 aliphatic heterocycles. The molecule has 0 bridgehead atoms. The number of oxazole rings is 1. The van der Waals surface area contributed by atoms with E-state index in [4.69, 9.17) is 9.15 Å². The lowest BCUT2D eigenvalue weighted by molar-refractivity contribution is 0.0970. The summed E-state index contributed by atoms with van der Waals surface area (Å²) in [7, 11) is -2.40. The van der Waals surface area contributed by atoms with Gasteiger partial charge in [-0.3, -0.25) is 9.36 Å². The van der Waals surface area contributed by atoms with E-state index in [0.717, 1.165) is 23.5 Å². The van der Waals surface area contributed by atoms with Crippen LogP contribution in [0.15, 0.2) is 50.5 Å². The Morgan fingerprint density at radius 2 is 1.91 bits per heavy atom. The smallest absolute Gasteiger partial charge is 0.420 e. The van der Waals surface area contributed by atoms with Crippen molar-refractivity contribution in [1.82, 2.24) is 8.87 Å². The van der Waals surface area contributed by atoms with Crippen LogP contribution in [-0.2, 0) is 16.6 Å². The first-order valence-electron chi connectivity index (χ1n) is 10.2. The number of nitrogens with zero attached hydrogens (tertiary/aromatic N) is 2. The number of benzene rings is 2. The first-order chi connectivity index (χ1) is 15.2. The van der Waals surface area contributed by atoms with E-state index in [-0.39, 0.29) is 33.9 Å². The quantitative estimate of drug-likeness (QED) is 0.522. The third kappa shape index (κ3) is 4.07. The fourth-order valence-electron chi connectivity index (χ4n) is 3.81. The van der Waals surface area contributed by atoms with E-state index in [1.54, 1.807) is 0 Å². The topological polar surface area (TPSA) is 98.8 Å². The summed E-state index contributed by atoms with van der Waals surface area (Å²) >= 11 is 0. The maximum absolute atomic E-state index is 13.9. The number of methoxy groups -OCH3 is 1. The summed E-state index contributed by atoms with van der Waals surface area (Å²) in [6, 6.07) is 7.93. The number of hydrogen-bond acceptors (Lipinski definition) is 6. The summed E-state index contributed by atoms with van der Waals surface area (Å²) < 4.78 is 52.5. The van der Waals surface area contributed by atoms with Crippen LogP contribution < -0.4 is 10.5 Å². The molecule has 1 aromatic heterocycles. The van der Waals surface area contributed by atoms with Gasteiger partial charge in [-0.15, -0.1) is 0 Å². The number of aromatic nitrogens is 1. The molecule has 1 aliphatic rings. The van der Waals surface area contributed by atoms with Gasteiger partial charge in [0.15, 0.2) is 22.9 Å². The van der Waals surface area contributed by atoms with Gasteiger partial charge in [0.25, 0.3) is 0 Å². The number of rotatable bonds is 6. The molecule has 1 fully saturated rings. The Bertz CT molecular complexity index is 1340. The van der Waals surface area contributed by atoms with E-state index in [2.05, 4.69) is 6.92 Å². The van der Waals surface area contributed by atoms with Gasteiger partial charge < -0.3 is 9.15 Å². The second-order valence-corrected chi connectivity index (χ2v) is 9.88. The van der Waals surface area contributed by atoms with Gasteiger partial charge in [0, 0.05) is 24.7 Å². The minimum Gasteiger partial charge on any atom is -0.494 e. The average molecular weight is 462 g/mol. The van der Waals surface area contributed by atoms with E-state index in [0.29, 0.717) is 19.0 Å². The SMILES string of the molecule is COc1ccc(C(=O)Cn2c(=O)oc3cc(S(=O)(=O)N4CCC(C)CC4)ccc32)cc1F. The van der Waals surface area contributed by atoms with Crippen LogP contribution >= 0.6 is 0 Å². The molecule has 8 nitrogen and oxygen atoms in total. The summed E-state index contributed by atoms with van der Waals surface area (Å²) in [4.78, 5) is 25.0. The molecule has 32 heavy (non-hydrogen) atoms. The Balaban J connectivity index is 1.62. The lowest BCUT2D eigenvalue weighted by Crippen LogP contribution is -2.37. The van der Waals surface area contributed by atoms with Crippen molar-refractivity contribution in [3.8, 4) is 5.75 Å². The van der Waals surface area contributed by atoms with Crippen LogP contribution in [0.3, 0.4) is 0 Å². The van der Waals surface area contributed by atoms with E-state index in [9.17, 15) is 22.4 Å². The maximum Gasteiger partial charge on any atom is 0.420 e. The Kier molecular flexibility index (Phi) is 5.91. The lowest BCUT2D eigenvalue weighted by Gasteiger charge is -2.29. The van der Waals surface area contributed by atoms with Crippen molar-refractivity contribution >= 4 is 26.9 Å². The van der Waals surface area contributed by atoms with Crippen molar-refractivity contribution in [1.29, 1.82) is 0 Å². The molecule has 0 radical (unpaired) electrons. The molecule has 3 aromatic rings. The van der Waals surface area contributed by atoms with Crippen LogP contribution in [0.4, 0.5) is 4.39 Å². The number of sulfonamides is 1. The molecule has 0 atom stereocenters. The highest BCUT2D eigenvalue weighted by Gasteiger charge is 2.29. The first kappa shape index (κ1) is 22.2. The largest absolute Gasteiger partial charge is 0.494 e. The Morgan fingerprint density at radius 3 is 2.56 bits per heavy atom. The van der Waals surface area contributed by atoms with E-state index in [1.165, 1.54) is 41.7 Å². The lowest BCUT2D eigenvalue weighted by atomic mass is 10.0. The van der Waals surface area contributed by atoms with Crippen molar-refractivity contribution in [2.45, 2.75) is 31.2 Å². The molecule has 2 heterocycles. The average Bonchev–Trinajstić information content (AvgIpc) is 3.08. The minimum atomic E-state index is -3.72. The zero-order valence-electron chi connectivity index (χ0n) is 17.7. The Hall–Kier alpha value is -2.98. The number of carbonyl (C=O) groups excluding carboxylic acids is 1. The van der Waals surface area contributed by atoms with Gasteiger partial charge in [0.05, 0.1) is 24.1 Å². The predicted molar refractivity (Wildman–Crippen MR) is 115 cm³/mol. The van der Waals surface area contributed by atoms with Crippen LogP contribution in [0.5, 0.6) is 5.75 Å². The number of ketones is 1. The molecule has 0 unspecified atom stereocenters. The molecule has 170 valence electrons. The summed E-state index contributed by atoms with van der Waals surface area (Å²) in [5.41, 5.74) is 0.418. The number of halogens is 1. The van der Waals surface area contributed by atoms with Gasteiger partial charge in [-0.1, -0.05) is 6.92 Å². The van der Waals surface area contributed by atoms with Crippen LogP contribution in [-0.4, -0.2) is 43.3 Å². The first-order valence-corrected chi connectivity index (χ1v) is 11.6. The van der Waals surface area contributed by atoms with E-state index < -0.39 is 27.4 Å². The third-order valence-electron chi connectivity index (χ3n) is 5.80. The fraction of sp³-hybridized carbons (Fsp3) is 0.364. The molecular weight excluding hydrogens is 439 g/mol. The number of Topliss-reactive ketones (excluding diaryl/α,β-unsaturated/α-hetero) is 1. The molecule has 0 saturated carbocycles. The zero-order chi connectivity index (χ0) is 23.0. The fourth-order valence-corrected chi connectivity index (χ4v) is 5.29. The molecule has 0 spiro atoms. The molecule has 4 rings (SSSR count). The number of carbonyl (C=O) groups is 1. The normalized spacial score (nSPS) is 15.8. The van der Waals surface area contributed by atoms with Crippen molar-refractivity contribution < 1.29 is 26.8 Å². The van der Waals surface area contributed by atoms with Gasteiger partial charge in [0.1, 0.15) is 0 Å². The maximum atomic E-state index is 13.9. The minimum absolute atomic E-state index is 0.00406. The molecule has 1 saturated heterocycles. The Labute approximate surface area is 184 Å². The number of fused-ring (bicyclic) bond motifs is 1. The molecule has 2 aromatic carbocycles. The van der Waals surface area contributed by atoms with Crippen molar-refractivity contribution in [2.24, 2.45) is 5.92 Å². The highest BCUT2D eigenvalue weighted by Crippen LogP contribution is 2.26. The second kappa shape index (κ2) is 8.51. The van der Waals surface area contributed by atoms with Crippen LogP contribution in [0.1, 0.15) is 30.1 Å². The molecule has 0 aliphatic carbocycles. The van der Waals surface area contributed by atoms with E-state index >= 15 is 0 Å². The van der Waals surface area contributed by atoms with Gasteiger partial charge >= 0.3 is 5.76 Å². The summed E-state index contributed by atoms with van der Waals surface area (Å²) in [6.45, 7) is 2.60. The van der Waals surface area contributed by atoms with Crippen LogP contribution in [0.25, 0.3) is 11.1 Å². The molecule has 0 amide bonds. The highest BCUT2D eigenvalue weighted by atomic mass is 32.2. The standard InChI is InChI=1S/C22H23FN2O6S/c1-14-7-9-24(10-8-14)32(28,29)16-4-5-18-21(12-16)31-22(27)25(18)13-19(26)15-3-6-20(30-2)17(23)11-15/h3-6,11-12,14H,7-10,13H2,1-2H3. The van der Waals surface area contributed by atoms with Crippen LogP contribution in [0, 0.1) is 11.7 Å². The third-order valence-corrected chi connectivity index (χ3v) is 7.69. The van der Waals surface area contributed by atoms with Gasteiger partial charge in [0.2, 0.25) is 10.0 Å². The summed E-state index contributed by atoms with van der Waals surface area (Å²) in [6.07, 6.45) is 1.59. The van der Waals surface area contributed by atoms with Gasteiger partial charge in [-0.2, -0.15) is 4.31 Å². The van der Waals surface area contributed by atoms with Crippen molar-refractivity contribution in [3.05, 3.63) is 58.3 Å². The Morgan fingerprint density at radius 1 is 1.19 bits per heavy atom. The molecule has 10 heteroatoms. The number of hydrogen-bond donors (Lipinski definition) is 0. The zero-order valence-corrected chi connectivity index (χ0v) is 18.5. The van der Waals surface area contributed by atoms with E-state index in [1.807, 2.05) is 0 Å². The van der Waals surface area contributed by atoms with Crippen molar-refractivity contribution in [2.75, 3.05) is 20.2 Å². The van der Waals surface area contributed by atoms with Crippen molar-refractivity contribution in [3.63, 3.8) is 0 Å². The molecular formula is C22H23FN2O6S. The highest BCUT2D eigenvalue weighted by molar-refractivity contribution is 7.89.